The molecule has 1 fully saturated rings. The lowest BCUT2D eigenvalue weighted by molar-refractivity contribution is -0.384. The number of nitrogens with zero attached hydrogens (tertiary/aromatic N) is 1. The summed E-state index contributed by atoms with van der Waals surface area (Å²) in [6, 6.07) is 4.14. The summed E-state index contributed by atoms with van der Waals surface area (Å²) in [5.41, 5.74) is -0.638. The van der Waals surface area contributed by atoms with Gasteiger partial charge in [-0.05, 0) is 53.1 Å². The molecule has 0 saturated carbocycles. The Morgan fingerprint density at radius 1 is 1.17 bits per heavy atom. The molecule has 1 heterocycles. The van der Waals surface area contributed by atoms with Crippen LogP contribution in [0.25, 0.3) is 0 Å². The molecule has 1 saturated heterocycles. The maximum atomic E-state index is 12.2. The molecule has 1 aliphatic heterocycles. The van der Waals surface area contributed by atoms with Gasteiger partial charge in [-0.2, -0.15) is 0 Å². The Kier molecular flexibility index (Phi) is 4.74. The largest absolute Gasteiger partial charge is 0.495 e. The SMILES string of the molecule is CC(C)NC(=O)c1cc(B2OC(C)(C)C(C)(C)O2)cc([N+](=O)[O-])c1. The third kappa shape index (κ3) is 3.60. The molecule has 0 bridgehead atoms. The van der Waals surface area contributed by atoms with Crippen LogP contribution in [-0.2, 0) is 9.31 Å². The number of carbonyl (C=O) groups excluding carboxylic acids is 1. The van der Waals surface area contributed by atoms with E-state index in [2.05, 4.69) is 5.32 Å². The Labute approximate surface area is 142 Å². The molecular formula is C16H23BN2O5. The number of carbonyl (C=O) groups is 1. The lowest BCUT2D eigenvalue weighted by Gasteiger charge is -2.32. The average Bonchev–Trinajstić information content (AvgIpc) is 2.66. The molecule has 0 atom stereocenters. The van der Waals surface area contributed by atoms with Crippen LogP contribution in [0.3, 0.4) is 0 Å². The number of nitrogens with one attached hydrogen (secondary N) is 1. The van der Waals surface area contributed by atoms with E-state index in [0.29, 0.717) is 5.46 Å². The molecule has 1 aromatic carbocycles. The van der Waals surface area contributed by atoms with Crippen molar-refractivity contribution in [2.24, 2.45) is 0 Å². The molecular weight excluding hydrogens is 311 g/mol. The maximum absolute atomic E-state index is 12.2. The van der Waals surface area contributed by atoms with E-state index in [1.54, 1.807) is 6.07 Å². The van der Waals surface area contributed by atoms with Gasteiger partial charge in [0.1, 0.15) is 0 Å². The lowest BCUT2D eigenvalue weighted by Crippen LogP contribution is -2.41. The normalized spacial score (nSPS) is 18.7. The third-order valence-electron chi connectivity index (χ3n) is 4.36. The molecule has 1 N–H and O–H groups in total. The highest BCUT2D eigenvalue weighted by atomic mass is 16.7. The van der Waals surface area contributed by atoms with Crippen molar-refractivity contribution in [3.05, 3.63) is 33.9 Å². The van der Waals surface area contributed by atoms with E-state index >= 15 is 0 Å². The Hall–Kier alpha value is -1.93. The third-order valence-corrected chi connectivity index (χ3v) is 4.36. The summed E-state index contributed by atoms with van der Waals surface area (Å²) in [5, 5.41) is 13.9. The number of hydrogen-bond acceptors (Lipinski definition) is 5. The van der Waals surface area contributed by atoms with Crippen LogP contribution in [0.2, 0.25) is 0 Å². The first-order valence-corrected chi connectivity index (χ1v) is 7.89. The predicted molar refractivity (Wildman–Crippen MR) is 91.4 cm³/mol. The van der Waals surface area contributed by atoms with Gasteiger partial charge in [-0.15, -0.1) is 0 Å². The van der Waals surface area contributed by atoms with E-state index in [1.807, 2.05) is 41.5 Å². The van der Waals surface area contributed by atoms with Crippen molar-refractivity contribution in [3.8, 4) is 0 Å². The molecule has 0 aliphatic carbocycles. The molecule has 0 spiro atoms. The second-order valence-electron chi connectivity index (χ2n) is 7.29. The molecule has 24 heavy (non-hydrogen) atoms. The summed E-state index contributed by atoms with van der Waals surface area (Å²) >= 11 is 0. The van der Waals surface area contributed by atoms with Crippen LogP contribution >= 0.6 is 0 Å². The number of rotatable bonds is 4. The summed E-state index contributed by atoms with van der Waals surface area (Å²) in [7, 11) is -0.763. The number of nitro groups is 1. The van der Waals surface area contributed by atoms with Crippen molar-refractivity contribution < 1.29 is 19.0 Å². The maximum Gasteiger partial charge on any atom is 0.495 e. The van der Waals surface area contributed by atoms with Gasteiger partial charge in [0.15, 0.2) is 0 Å². The minimum Gasteiger partial charge on any atom is -0.399 e. The summed E-state index contributed by atoms with van der Waals surface area (Å²) < 4.78 is 11.8. The van der Waals surface area contributed by atoms with Crippen molar-refractivity contribution in [1.82, 2.24) is 5.32 Å². The van der Waals surface area contributed by atoms with Crippen molar-refractivity contribution in [2.75, 3.05) is 0 Å². The summed E-state index contributed by atoms with van der Waals surface area (Å²) in [4.78, 5) is 22.9. The predicted octanol–water partition coefficient (Wildman–Crippen LogP) is 2.03. The van der Waals surface area contributed by atoms with Crippen LogP contribution in [-0.4, -0.2) is 35.2 Å². The molecule has 0 aromatic heterocycles. The summed E-state index contributed by atoms with van der Waals surface area (Å²) in [5.74, 6) is -0.369. The quantitative estimate of drug-likeness (QED) is 0.517. The van der Waals surface area contributed by atoms with E-state index in [1.165, 1.54) is 12.1 Å². The second kappa shape index (κ2) is 6.18. The monoisotopic (exact) mass is 334 g/mol. The van der Waals surface area contributed by atoms with Gasteiger partial charge in [0, 0.05) is 23.7 Å². The van der Waals surface area contributed by atoms with Crippen LogP contribution in [0.4, 0.5) is 5.69 Å². The number of non-ortho nitro benzene ring substituents is 1. The smallest absolute Gasteiger partial charge is 0.399 e. The van der Waals surface area contributed by atoms with E-state index < -0.39 is 23.2 Å². The van der Waals surface area contributed by atoms with Crippen molar-refractivity contribution in [1.29, 1.82) is 0 Å². The number of amides is 1. The van der Waals surface area contributed by atoms with E-state index in [0.717, 1.165) is 0 Å². The Morgan fingerprint density at radius 2 is 1.71 bits per heavy atom. The number of hydrogen-bond donors (Lipinski definition) is 1. The van der Waals surface area contributed by atoms with E-state index in [-0.39, 0.29) is 23.2 Å². The summed E-state index contributed by atoms with van der Waals surface area (Å²) in [6.45, 7) is 11.2. The van der Waals surface area contributed by atoms with Crippen molar-refractivity contribution >= 4 is 24.2 Å². The van der Waals surface area contributed by atoms with Crippen LogP contribution < -0.4 is 10.8 Å². The Balaban J connectivity index is 2.42. The summed E-state index contributed by atoms with van der Waals surface area (Å²) in [6.07, 6.45) is 0. The molecule has 1 amide bonds. The minimum absolute atomic E-state index is 0.0722. The fourth-order valence-corrected chi connectivity index (χ4v) is 2.33. The minimum atomic E-state index is -0.763. The molecule has 7 nitrogen and oxygen atoms in total. The lowest BCUT2D eigenvalue weighted by atomic mass is 9.78. The topological polar surface area (TPSA) is 90.7 Å². The first-order chi connectivity index (χ1) is 10.9. The van der Waals surface area contributed by atoms with Gasteiger partial charge < -0.3 is 14.6 Å². The van der Waals surface area contributed by atoms with Crippen molar-refractivity contribution in [3.63, 3.8) is 0 Å². The average molecular weight is 334 g/mol. The van der Waals surface area contributed by atoms with Gasteiger partial charge >= 0.3 is 7.12 Å². The highest BCUT2D eigenvalue weighted by molar-refractivity contribution is 6.62. The van der Waals surface area contributed by atoms with Gasteiger partial charge in [-0.1, -0.05) is 0 Å². The zero-order valence-corrected chi connectivity index (χ0v) is 14.9. The van der Waals surface area contributed by atoms with Crippen LogP contribution in [0.15, 0.2) is 18.2 Å². The zero-order chi connectivity index (χ0) is 18.3. The molecule has 0 unspecified atom stereocenters. The Bertz CT molecular complexity index is 656. The Morgan fingerprint density at radius 3 is 2.17 bits per heavy atom. The molecule has 2 rings (SSSR count). The molecule has 0 radical (unpaired) electrons. The number of nitro benzene ring substituents is 1. The highest BCUT2D eigenvalue weighted by Crippen LogP contribution is 2.36. The van der Waals surface area contributed by atoms with Gasteiger partial charge in [-0.3, -0.25) is 14.9 Å². The number of benzene rings is 1. The standard InChI is InChI=1S/C16H23BN2O5/c1-10(2)18-14(20)11-7-12(9-13(8-11)19(21)22)17-23-15(3,4)16(5,6)24-17/h7-10H,1-6H3,(H,18,20). The van der Waals surface area contributed by atoms with Crippen LogP contribution in [0.1, 0.15) is 51.9 Å². The first-order valence-electron chi connectivity index (χ1n) is 7.89. The van der Waals surface area contributed by atoms with E-state index in [9.17, 15) is 14.9 Å². The highest BCUT2D eigenvalue weighted by Gasteiger charge is 2.52. The van der Waals surface area contributed by atoms with Gasteiger partial charge in [0.2, 0.25) is 0 Å². The fraction of sp³-hybridized carbons (Fsp3) is 0.562. The van der Waals surface area contributed by atoms with Crippen LogP contribution in [0.5, 0.6) is 0 Å². The molecule has 1 aromatic rings. The van der Waals surface area contributed by atoms with Crippen LogP contribution in [0, 0.1) is 10.1 Å². The van der Waals surface area contributed by atoms with Gasteiger partial charge in [-0.25, -0.2) is 0 Å². The van der Waals surface area contributed by atoms with Gasteiger partial charge in [0.25, 0.3) is 11.6 Å². The fourth-order valence-electron chi connectivity index (χ4n) is 2.33. The molecule has 130 valence electrons. The molecule has 1 aliphatic rings. The first kappa shape index (κ1) is 18.4. The second-order valence-corrected chi connectivity index (χ2v) is 7.29. The van der Waals surface area contributed by atoms with Crippen molar-refractivity contribution in [2.45, 2.75) is 58.8 Å². The molecule has 8 heteroatoms. The van der Waals surface area contributed by atoms with Gasteiger partial charge in [0.05, 0.1) is 16.1 Å². The zero-order valence-electron chi connectivity index (χ0n) is 14.9. The van der Waals surface area contributed by atoms with E-state index in [4.69, 9.17) is 9.31 Å².